The molecule has 0 aliphatic heterocycles. The van der Waals surface area contributed by atoms with Gasteiger partial charge in [0.05, 0.1) is 5.56 Å². The Morgan fingerprint density at radius 2 is 2.11 bits per heavy atom. The molecule has 3 rings (SSSR count). The van der Waals surface area contributed by atoms with E-state index in [1.807, 2.05) is 23.6 Å². The summed E-state index contributed by atoms with van der Waals surface area (Å²) in [5.74, 6) is 0.254. The molecule has 28 heavy (non-hydrogen) atoms. The first-order valence-electron chi connectivity index (χ1n) is 7.93. The maximum absolute atomic E-state index is 12.1. The van der Waals surface area contributed by atoms with E-state index in [2.05, 4.69) is 26.6 Å². The summed E-state index contributed by atoms with van der Waals surface area (Å²) in [7, 11) is 0. The quantitative estimate of drug-likeness (QED) is 0.570. The van der Waals surface area contributed by atoms with Crippen molar-refractivity contribution in [3.05, 3.63) is 33.6 Å². The molecule has 0 spiro atoms. The number of hydrogen-bond donors (Lipinski definition) is 2. The summed E-state index contributed by atoms with van der Waals surface area (Å²) in [6.07, 6.45) is 0.198. The Kier molecular flexibility index (Phi) is 6.21. The molecule has 0 aromatic carbocycles. The molecule has 1 amide bonds. The zero-order chi connectivity index (χ0) is 20.1. The van der Waals surface area contributed by atoms with E-state index in [0.29, 0.717) is 27.0 Å². The molecule has 0 saturated carbocycles. The summed E-state index contributed by atoms with van der Waals surface area (Å²) in [5.41, 5.74) is 6.92. The van der Waals surface area contributed by atoms with E-state index in [1.54, 1.807) is 6.92 Å². The summed E-state index contributed by atoms with van der Waals surface area (Å²) in [4.78, 5) is 17.0. The number of nitrogens with zero attached hydrogens (tertiary/aromatic N) is 5. The molecule has 0 atom stereocenters. The van der Waals surface area contributed by atoms with E-state index in [1.165, 1.54) is 34.4 Å². The number of thiophene rings is 1. The lowest BCUT2D eigenvalue weighted by atomic mass is 10.0. The molecule has 8 nitrogen and oxygen atoms in total. The van der Waals surface area contributed by atoms with Gasteiger partial charge < -0.3 is 11.1 Å². The Bertz CT molecular complexity index is 1090. The highest BCUT2D eigenvalue weighted by Gasteiger charge is 2.21. The lowest BCUT2D eigenvalue weighted by Crippen LogP contribution is -2.12. The number of aryl methyl sites for hydroxylation is 1. The first-order chi connectivity index (χ1) is 13.5. The summed E-state index contributed by atoms with van der Waals surface area (Å²) in [6, 6.07) is 7.84. The van der Waals surface area contributed by atoms with Gasteiger partial charge in [-0.25, -0.2) is 4.98 Å². The number of carbonyl (C=O) groups is 1. The average molecular weight is 428 g/mol. The van der Waals surface area contributed by atoms with Crippen LogP contribution in [0.25, 0.3) is 10.4 Å². The lowest BCUT2D eigenvalue weighted by Gasteiger charge is -2.11. The highest BCUT2D eigenvalue weighted by atomic mass is 32.2. The molecule has 0 unspecified atom stereocenters. The van der Waals surface area contributed by atoms with Crippen LogP contribution in [0.5, 0.6) is 0 Å². The predicted molar refractivity (Wildman–Crippen MR) is 110 cm³/mol. The lowest BCUT2D eigenvalue weighted by molar-refractivity contribution is -0.115. The van der Waals surface area contributed by atoms with Gasteiger partial charge in [0.1, 0.15) is 33.6 Å². The minimum absolute atomic E-state index is 0.0705. The van der Waals surface area contributed by atoms with Crippen molar-refractivity contribution in [2.75, 3.05) is 16.8 Å². The van der Waals surface area contributed by atoms with Gasteiger partial charge in [0.15, 0.2) is 0 Å². The fraction of sp³-hybridized carbons (Fsp3) is 0.176. The van der Waals surface area contributed by atoms with Crippen LogP contribution in [0.4, 0.5) is 10.9 Å². The van der Waals surface area contributed by atoms with E-state index in [0.717, 1.165) is 9.88 Å². The third-order valence-corrected chi connectivity index (χ3v) is 6.14. The summed E-state index contributed by atoms with van der Waals surface area (Å²) >= 11 is 3.96. The monoisotopic (exact) mass is 427 g/mol. The van der Waals surface area contributed by atoms with Gasteiger partial charge in [0.2, 0.25) is 11.0 Å². The maximum atomic E-state index is 12.1. The zero-order valence-corrected chi connectivity index (χ0v) is 17.0. The summed E-state index contributed by atoms with van der Waals surface area (Å²) in [6.45, 7) is 1.80. The number of nitriles is 2. The van der Waals surface area contributed by atoms with Crippen molar-refractivity contribution in [2.45, 2.75) is 18.4 Å². The van der Waals surface area contributed by atoms with Crippen LogP contribution >= 0.6 is 34.4 Å². The van der Waals surface area contributed by atoms with Crippen molar-refractivity contribution in [1.29, 1.82) is 10.5 Å². The molecule has 11 heteroatoms. The van der Waals surface area contributed by atoms with E-state index < -0.39 is 0 Å². The van der Waals surface area contributed by atoms with Gasteiger partial charge in [-0.05, 0) is 18.4 Å². The molecule has 0 aliphatic rings. The van der Waals surface area contributed by atoms with Crippen LogP contribution in [-0.2, 0) is 4.79 Å². The first-order valence-corrected chi connectivity index (χ1v) is 10.6. The second-order valence-electron chi connectivity index (χ2n) is 5.40. The molecule has 3 N–H and O–H groups in total. The molecule has 3 heterocycles. The van der Waals surface area contributed by atoms with Crippen LogP contribution in [0.3, 0.4) is 0 Å². The van der Waals surface area contributed by atoms with Gasteiger partial charge in [0, 0.05) is 22.6 Å². The van der Waals surface area contributed by atoms with Crippen LogP contribution in [0.2, 0.25) is 0 Å². The fourth-order valence-electron chi connectivity index (χ4n) is 2.34. The topological polar surface area (TPSA) is 141 Å². The number of anilines is 2. The van der Waals surface area contributed by atoms with Gasteiger partial charge in [-0.2, -0.15) is 10.5 Å². The molecule has 0 saturated heterocycles. The summed E-state index contributed by atoms with van der Waals surface area (Å²) < 4.78 is 0. The molecule has 0 fully saturated rings. The van der Waals surface area contributed by atoms with Crippen molar-refractivity contribution in [2.24, 2.45) is 0 Å². The Hall–Kier alpha value is -2.99. The Morgan fingerprint density at radius 3 is 2.71 bits per heavy atom. The van der Waals surface area contributed by atoms with E-state index in [4.69, 9.17) is 5.73 Å². The van der Waals surface area contributed by atoms with Crippen LogP contribution in [0, 0.1) is 29.6 Å². The van der Waals surface area contributed by atoms with Crippen LogP contribution < -0.4 is 11.1 Å². The number of thioether (sulfide) groups is 1. The van der Waals surface area contributed by atoms with Crippen molar-refractivity contribution >= 4 is 51.3 Å². The number of nitrogens with one attached hydrogen (secondary N) is 1. The van der Waals surface area contributed by atoms with Crippen molar-refractivity contribution < 1.29 is 4.79 Å². The number of amides is 1. The second-order valence-corrected chi connectivity index (χ2v) is 8.61. The highest BCUT2D eigenvalue weighted by Crippen LogP contribution is 2.37. The molecular formula is C17H13N7OS3. The number of carbonyl (C=O) groups excluding carboxylic acids is 1. The summed E-state index contributed by atoms with van der Waals surface area (Å²) in [5, 5.41) is 33.0. The highest BCUT2D eigenvalue weighted by molar-refractivity contribution is 7.99. The largest absolute Gasteiger partial charge is 0.383 e. The molecular weight excluding hydrogens is 414 g/mol. The van der Waals surface area contributed by atoms with Crippen molar-refractivity contribution in [1.82, 2.24) is 15.2 Å². The minimum Gasteiger partial charge on any atom is -0.383 e. The molecule has 140 valence electrons. The molecule has 0 bridgehead atoms. The SMILES string of the molecule is Cc1nnc(NC(=O)CCSc2nc(N)c(C#N)c(-c3cccs3)c2C#N)s1. The number of hydrogen-bond acceptors (Lipinski definition) is 10. The van der Waals surface area contributed by atoms with Crippen molar-refractivity contribution in [3.8, 4) is 22.6 Å². The molecule has 0 aliphatic carbocycles. The number of nitrogens with two attached hydrogens (primary N) is 1. The third-order valence-electron chi connectivity index (χ3n) is 3.52. The van der Waals surface area contributed by atoms with Gasteiger partial charge in [-0.1, -0.05) is 17.4 Å². The third kappa shape index (κ3) is 4.28. The predicted octanol–water partition coefficient (Wildman–Crippen LogP) is 3.42. The van der Waals surface area contributed by atoms with Gasteiger partial charge in [0.25, 0.3) is 0 Å². The van der Waals surface area contributed by atoms with Crippen LogP contribution in [-0.4, -0.2) is 26.8 Å². The Balaban J connectivity index is 1.78. The second kappa shape index (κ2) is 8.80. The zero-order valence-electron chi connectivity index (χ0n) is 14.6. The maximum Gasteiger partial charge on any atom is 0.227 e. The van der Waals surface area contributed by atoms with E-state index >= 15 is 0 Å². The molecule has 3 aromatic rings. The normalized spacial score (nSPS) is 10.2. The fourth-order valence-corrected chi connectivity index (χ4v) is 4.67. The van der Waals surface area contributed by atoms with Crippen LogP contribution in [0.15, 0.2) is 22.5 Å². The minimum atomic E-state index is -0.206. The Labute approximate surface area is 173 Å². The molecule has 0 radical (unpaired) electrons. The average Bonchev–Trinajstić information content (AvgIpc) is 3.33. The number of rotatable bonds is 6. The standard InChI is InChI=1S/C17H13N7OS3/c1-9-23-24-17(28-9)21-13(25)4-6-27-16-11(8-19)14(12-3-2-5-26-12)10(7-18)15(20)22-16/h2-3,5H,4,6H2,1H3,(H2,20,22)(H,21,24,25). The van der Waals surface area contributed by atoms with Crippen molar-refractivity contribution in [3.63, 3.8) is 0 Å². The first kappa shape index (κ1) is 19.8. The number of pyridine rings is 1. The van der Waals surface area contributed by atoms with Gasteiger partial charge in [-0.3, -0.25) is 4.79 Å². The van der Waals surface area contributed by atoms with Crippen LogP contribution in [0.1, 0.15) is 22.6 Å². The van der Waals surface area contributed by atoms with E-state index in [-0.39, 0.29) is 23.7 Å². The van der Waals surface area contributed by atoms with Gasteiger partial charge >= 0.3 is 0 Å². The smallest absolute Gasteiger partial charge is 0.227 e. The Morgan fingerprint density at radius 1 is 1.32 bits per heavy atom. The number of nitrogen functional groups attached to an aromatic ring is 1. The van der Waals surface area contributed by atoms with E-state index in [9.17, 15) is 15.3 Å². The van der Waals surface area contributed by atoms with Gasteiger partial charge in [-0.15, -0.1) is 33.3 Å². The number of aromatic nitrogens is 3. The molecule has 3 aromatic heterocycles.